The van der Waals surface area contributed by atoms with E-state index in [4.69, 9.17) is 22.9 Å². The zero-order valence-corrected chi connectivity index (χ0v) is 25.1. The molecule has 216 valence electrons. The largest absolute Gasteiger partial charge is 0.487 e. The lowest BCUT2D eigenvalue weighted by molar-refractivity contribution is 0.116. The van der Waals surface area contributed by atoms with E-state index in [-0.39, 0.29) is 35.3 Å². The Bertz CT molecular complexity index is 1800. The Labute approximate surface area is 249 Å². The number of ether oxygens (including phenoxy) is 1. The van der Waals surface area contributed by atoms with Gasteiger partial charge < -0.3 is 19.0 Å². The van der Waals surface area contributed by atoms with Crippen molar-refractivity contribution in [3.05, 3.63) is 104 Å². The Morgan fingerprint density at radius 2 is 1.83 bits per heavy atom. The number of aryl methyl sites for hydroxylation is 1. The second-order valence-corrected chi connectivity index (χ2v) is 12.5. The van der Waals surface area contributed by atoms with Crippen molar-refractivity contribution in [3.63, 3.8) is 0 Å². The summed E-state index contributed by atoms with van der Waals surface area (Å²) < 4.78 is 23.0. The number of rotatable bonds is 4. The van der Waals surface area contributed by atoms with Gasteiger partial charge in [-0.3, -0.25) is 9.69 Å². The van der Waals surface area contributed by atoms with Crippen molar-refractivity contribution in [3.8, 4) is 5.75 Å². The summed E-state index contributed by atoms with van der Waals surface area (Å²) >= 11 is 6.29. The second kappa shape index (κ2) is 10.4. The number of halogens is 2. The lowest BCUT2D eigenvalue weighted by Crippen LogP contribution is -2.57. The zero-order valence-electron chi connectivity index (χ0n) is 24.4. The van der Waals surface area contributed by atoms with Gasteiger partial charge in [-0.2, -0.15) is 0 Å². The van der Waals surface area contributed by atoms with Crippen LogP contribution in [-0.4, -0.2) is 45.2 Å². The smallest absolute Gasteiger partial charge is 0.270 e. The number of aromatic nitrogens is 2. The van der Waals surface area contributed by atoms with Crippen molar-refractivity contribution < 1.29 is 9.13 Å². The summed E-state index contributed by atoms with van der Waals surface area (Å²) in [4.78, 5) is 25.8. The SMILES string of the molecule is [C-]#[N+]c1ccc2c(n1)c(N1C[C@@H](C)N(C(c3ccc(Cl)cc3)c3ccc(F)c4c3OC(C)(C)C4)C[C@@H]1C)cc(=O)n2C. The maximum Gasteiger partial charge on any atom is 0.270 e. The number of pyridine rings is 2. The average molecular weight is 586 g/mol. The van der Waals surface area contributed by atoms with Gasteiger partial charge in [0.15, 0.2) is 0 Å². The molecule has 9 heteroatoms. The normalized spacial score (nSPS) is 20.7. The Balaban J connectivity index is 1.44. The highest BCUT2D eigenvalue weighted by Gasteiger charge is 2.41. The number of anilines is 1. The van der Waals surface area contributed by atoms with Crippen molar-refractivity contribution in [2.24, 2.45) is 7.05 Å². The first-order valence-corrected chi connectivity index (χ1v) is 14.5. The minimum atomic E-state index is -0.501. The highest BCUT2D eigenvalue weighted by molar-refractivity contribution is 6.30. The third kappa shape index (κ3) is 4.81. The van der Waals surface area contributed by atoms with E-state index in [0.29, 0.717) is 46.9 Å². The monoisotopic (exact) mass is 585 g/mol. The highest BCUT2D eigenvalue weighted by atomic mass is 35.5. The molecule has 1 unspecified atom stereocenters. The van der Waals surface area contributed by atoms with E-state index in [1.54, 1.807) is 35.9 Å². The van der Waals surface area contributed by atoms with Gasteiger partial charge in [-0.25, -0.2) is 4.39 Å². The Morgan fingerprint density at radius 3 is 2.55 bits per heavy atom. The van der Waals surface area contributed by atoms with Gasteiger partial charge in [0.25, 0.3) is 11.4 Å². The van der Waals surface area contributed by atoms with Crippen LogP contribution in [0.3, 0.4) is 0 Å². The van der Waals surface area contributed by atoms with Crippen molar-refractivity contribution in [2.45, 2.75) is 57.8 Å². The molecule has 0 N–H and O–H groups in total. The van der Waals surface area contributed by atoms with E-state index in [2.05, 4.69) is 33.5 Å². The molecule has 7 nitrogen and oxygen atoms in total. The molecule has 0 aliphatic carbocycles. The molecule has 1 saturated heterocycles. The molecule has 2 aromatic carbocycles. The van der Waals surface area contributed by atoms with Gasteiger partial charge in [-0.1, -0.05) is 36.4 Å². The number of hydrogen-bond acceptors (Lipinski definition) is 5. The van der Waals surface area contributed by atoms with Crippen LogP contribution in [0.15, 0.2) is 59.4 Å². The Kier molecular flexibility index (Phi) is 6.99. The molecular formula is C33H33ClFN5O2. The van der Waals surface area contributed by atoms with E-state index in [9.17, 15) is 4.79 Å². The van der Waals surface area contributed by atoms with Crippen LogP contribution in [0, 0.1) is 12.4 Å². The number of piperazine rings is 1. The topological polar surface area (TPSA) is 55.0 Å². The molecule has 3 atom stereocenters. The van der Waals surface area contributed by atoms with Crippen molar-refractivity contribution in [1.82, 2.24) is 14.5 Å². The molecule has 0 radical (unpaired) electrons. The number of hydrogen-bond donors (Lipinski definition) is 0. The number of fused-ring (bicyclic) bond motifs is 2. The molecule has 2 aliphatic rings. The Morgan fingerprint density at radius 1 is 1.10 bits per heavy atom. The fourth-order valence-corrected chi connectivity index (χ4v) is 6.61. The minimum Gasteiger partial charge on any atom is -0.487 e. The molecule has 0 amide bonds. The highest BCUT2D eigenvalue weighted by Crippen LogP contribution is 2.46. The van der Waals surface area contributed by atoms with Crippen LogP contribution in [-0.2, 0) is 13.5 Å². The minimum absolute atomic E-state index is 0.00411. The molecule has 2 aromatic heterocycles. The van der Waals surface area contributed by atoms with Crippen LogP contribution in [0.2, 0.25) is 5.02 Å². The summed E-state index contributed by atoms with van der Waals surface area (Å²) in [5.74, 6) is 0.664. The van der Waals surface area contributed by atoms with Crippen LogP contribution < -0.4 is 15.2 Å². The van der Waals surface area contributed by atoms with Gasteiger partial charge in [0.2, 0.25) is 5.52 Å². The Hall–Kier alpha value is -3.93. The summed E-state index contributed by atoms with van der Waals surface area (Å²) in [5, 5.41) is 0.647. The maximum absolute atomic E-state index is 15.0. The number of nitrogens with zero attached hydrogens (tertiary/aromatic N) is 5. The third-order valence-corrected chi connectivity index (χ3v) is 8.79. The lowest BCUT2D eigenvalue weighted by Gasteiger charge is -2.48. The van der Waals surface area contributed by atoms with Crippen LogP contribution in [0.25, 0.3) is 15.9 Å². The standard InChI is InChI=1S/C33H33ClFN5O2/c1-19-18-40(20(2)17-39(19)27-15-29(41)38(6)26-13-14-28(36-5)37-30(26)27)31(21-7-9-22(34)10-8-21)23-11-12-25(35)24-16-33(3,4)42-32(23)24/h7-15,19-20,31H,16-18H2,1-4,6H3/t19-,20+,31?/m0/s1. The average Bonchev–Trinajstić information content (AvgIpc) is 3.30. The first kappa shape index (κ1) is 28.2. The summed E-state index contributed by atoms with van der Waals surface area (Å²) in [6, 6.07) is 16.1. The molecule has 0 bridgehead atoms. The fourth-order valence-electron chi connectivity index (χ4n) is 6.49. The lowest BCUT2D eigenvalue weighted by atomic mass is 9.91. The molecule has 6 rings (SSSR count). The summed E-state index contributed by atoms with van der Waals surface area (Å²) in [6.07, 6.45) is 0.505. The van der Waals surface area contributed by atoms with E-state index in [1.807, 2.05) is 44.2 Å². The summed E-state index contributed by atoms with van der Waals surface area (Å²) in [5.41, 5.74) is 4.01. The van der Waals surface area contributed by atoms with E-state index >= 15 is 4.39 Å². The first-order chi connectivity index (χ1) is 20.0. The van der Waals surface area contributed by atoms with Crippen LogP contribution in [0.1, 0.15) is 50.4 Å². The van der Waals surface area contributed by atoms with Crippen LogP contribution in [0.4, 0.5) is 15.9 Å². The molecule has 4 heterocycles. The van der Waals surface area contributed by atoms with E-state index in [1.165, 1.54) is 0 Å². The first-order valence-electron chi connectivity index (χ1n) is 14.1. The van der Waals surface area contributed by atoms with Gasteiger partial charge in [0, 0.05) is 60.9 Å². The molecule has 42 heavy (non-hydrogen) atoms. The van der Waals surface area contributed by atoms with Crippen molar-refractivity contribution >= 4 is 34.1 Å². The summed E-state index contributed by atoms with van der Waals surface area (Å²) in [7, 11) is 1.72. The quantitative estimate of drug-likeness (QED) is 0.250. The maximum atomic E-state index is 15.0. The predicted octanol–water partition coefficient (Wildman–Crippen LogP) is 6.68. The second-order valence-electron chi connectivity index (χ2n) is 12.1. The van der Waals surface area contributed by atoms with Gasteiger partial charge in [0.1, 0.15) is 17.2 Å². The molecule has 2 aliphatic heterocycles. The van der Waals surface area contributed by atoms with Gasteiger partial charge in [-0.05, 0) is 63.6 Å². The van der Waals surface area contributed by atoms with E-state index < -0.39 is 5.60 Å². The van der Waals surface area contributed by atoms with Crippen LogP contribution in [0.5, 0.6) is 5.75 Å². The fraction of sp³-hybridized carbons (Fsp3) is 0.364. The van der Waals surface area contributed by atoms with Gasteiger partial charge >= 0.3 is 0 Å². The van der Waals surface area contributed by atoms with Gasteiger partial charge in [0.05, 0.1) is 17.2 Å². The van der Waals surface area contributed by atoms with Crippen LogP contribution >= 0.6 is 11.6 Å². The van der Waals surface area contributed by atoms with E-state index in [0.717, 1.165) is 16.8 Å². The molecular weight excluding hydrogens is 553 g/mol. The predicted molar refractivity (Wildman–Crippen MR) is 164 cm³/mol. The summed E-state index contributed by atoms with van der Waals surface area (Å²) in [6.45, 7) is 17.0. The van der Waals surface area contributed by atoms with Crippen molar-refractivity contribution in [2.75, 3.05) is 18.0 Å². The molecule has 1 fully saturated rings. The third-order valence-electron chi connectivity index (χ3n) is 8.54. The molecule has 0 saturated carbocycles. The van der Waals surface area contributed by atoms with Crippen molar-refractivity contribution in [1.29, 1.82) is 0 Å². The molecule has 0 spiro atoms. The molecule has 4 aromatic rings. The number of benzene rings is 2. The van der Waals surface area contributed by atoms with Gasteiger partial charge in [-0.15, -0.1) is 4.98 Å². The zero-order chi connectivity index (χ0) is 29.9.